The van der Waals surface area contributed by atoms with Crippen molar-refractivity contribution in [2.24, 2.45) is 5.92 Å². The van der Waals surface area contributed by atoms with E-state index in [0.29, 0.717) is 44.9 Å². The predicted octanol–water partition coefficient (Wildman–Crippen LogP) is 3.04. The van der Waals surface area contributed by atoms with Crippen LogP contribution in [0, 0.1) is 5.92 Å². The highest BCUT2D eigenvalue weighted by atomic mass is 35.5. The molecule has 0 atom stereocenters. The third-order valence-corrected chi connectivity index (χ3v) is 5.27. The number of piperazine rings is 1. The molecule has 126 valence electrons. The van der Waals surface area contributed by atoms with Crippen LogP contribution >= 0.6 is 11.6 Å². The third kappa shape index (κ3) is 5.45. The highest BCUT2D eigenvalue weighted by Gasteiger charge is 2.24. The molecule has 5 heteroatoms. The van der Waals surface area contributed by atoms with E-state index in [4.69, 9.17) is 11.6 Å². The third-order valence-electron chi connectivity index (χ3n) is 5.00. The van der Waals surface area contributed by atoms with Crippen molar-refractivity contribution in [3.8, 4) is 0 Å². The van der Waals surface area contributed by atoms with Gasteiger partial charge in [-0.25, -0.2) is 0 Å². The molecule has 2 amide bonds. The monoisotopic (exact) mass is 328 g/mol. The maximum absolute atomic E-state index is 12.3. The van der Waals surface area contributed by atoms with Crippen molar-refractivity contribution in [2.75, 3.05) is 32.1 Å². The van der Waals surface area contributed by atoms with E-state index in [1.54, 1.807) is 0 Å². The quantitative estimate of drug-likeness (QED) is 0.703. The molecule has 22 heavy (non-hydrogen) atoms. The summed E-state index contributed by atoms with van der Waals surface area (Å²) in [7, 11) is 0. The van der Waals surface area contributed by atoms with Crippen molar-refractivity contribution in [2.45, 2.75) is 57.8 Å². The van der Waals surface area contributed by atoms with Gasteiger partial charge in [0.2, 0.25) is 11.8 Å². The molecule has 1 saturated carbocycles. The first-order valence-electron chi connectivity index (χ1n) is 8.82. The predicted molar refractivity (Wildman–Crippen MR) is 88.9 cm³/mol. The second-order valence-electron chi connectivity index (χ2n) is 6.60. The average molecular weight is 329 g/mol. The lowest BCUT2D eigenvalue weighted by molar-refractivity contribution is -0.139. The van der Waals surface area contributed by atoms with Crippen molar-refractivity contribution >= 4 is 23.4 Å². The Morgan fingerprint density at radius 2 is 1.41 bits per heavy atom. The Kier molecular flexibility index (Phi) is 7.50. The van der Waals surface area contributed by atoms with Gasteiger partial charge >= 0.3 is 0 Å². The van der Waals surface area contributed by atoms with Crippen molar-refractivity contribution in [3.05, 3.63) is 0 Å². The van der Waals surface area contributed by atoms with Crippen LogP contribution in [0.4, 0.5) is 0 Å². The Balaban J connectivity index is 1.65. The fourth-order valence-electron chi connectivity index (χ4n) is 3.54. The zero-order chi connectivity index (χ0) is 15.8. The first-order chi connectivity index (χ1) is 10.7. The van der Waals surface area contributed by atoms with E-state index in [1.807, 2.05) is 9.80 Å². The van der Waals surface area contributed by atoms with Gasteiger partial charge in [-0.3, -0.25) is 9.59 Å². The minimum atomic E-state index is 0.176. The molecule has 4 nitrogen and oxygen atoms in total. The van der Waals surface area contributed by atoms with Gasteiger partial charge in [-0.2, -0.15) is 0 Å². The summed E-state index contributed by atoms with van der Waals surface area (Å²) in [4.78, 5) is 28.0. The molecule has 1 heterocycles. The van der Waals surface area contributed by atoms with Crippen molar-refractivity contribution in [1.29, 1.82) is 0 Å². The summed E-state index contributed by atoms with van der Waals surface area (Å²) in [6, 6.07) is 0. The van der Waals surface area contributed by atoms with E-state index in [9.17, 15) is 9.59 Å². The SMILES string of the molecule is O=C(CCCCl)N1CCN(C(=O)CCC2CCCCC2)CC1. The van der Waals surface area contributed by atoms with Gasteiger partial charge in [0.1, 0.15) is 0 Å². The topological polar surface area (TPSA) is 40.6 Å². The smallest absolute Gasteiger partial charge is 0.222 e. The van der Waals surface area contributed by atoms with Gasteiger partial charge in [-0.05, 0) is 18.8 Å². The molecule has 1 saturated heterocycles. The largest absolute Gasteiger partial charge is 0.339 e. The van der Waals surface area contributed by atoms with Gasteiger partial charge in [0, 0.05) is 44.9 Å². The number of rotatable bonds is 6. The summed E-state index contributed by atoms with van der Waals surface area (Å²) in [5.74, 6) is 1.75. The van der Waals surface area contributed by atoms with Crippen molar-refractivity contribution in [1.82, 2.24) is 9.80 Å². The first-order valence-corrected chi connectivity index (χ1v) is 9.35. The Bertz CT molecular complexity index is 362. The lowest BCUT2D eigenvalue weighted by Gasteiger charge is -2.35. The summed E-state index contributed by atoms with van der Waals surface area (Å²) >= 11 is 5.62. The Hall–Kier alpha value is -0.770. The fraction of sp³-hybridized carbons (Fsp3) is 0.882. The van der Waals surface area contributed by atoms with Crippen LogP contribution in [0.15, 0.2) is 0 Å². The molecule has 0 spiro atoms. The molecule has 2 rings (SSSR count). The molecule has 0 aromatic rings. The second kappa shape index (κ2) is 9.39. The van der Waals surface area contributed by atoms with E-state index in [-0.39, 0.29) is 11.8 Å². The van der Waals surface area contributed by atoms with E-state index >= 15 is 0 Å². The van der Waals surface area contributed by atoms with Crippen LogP contribution in [0.5, 0.6) is 0 Å². The van der Waals surface area contributed by atoms with Crippen LogP contribution in [0.2, 0.25) is 0 Å². The highest BCUT2D eigenvalue weighted by Crippen LogP contribution is 2.27. The van der Waals surface area contributed by atoms with Crippen LogP contribution < -0.4 is 0 Å². The molecule has 1 aliphatic heterocycles. The summed E-state index contributed by atoms with van der Waals surface area (Å²) in [5.41, 5.74) is 0. The van der Waals surface area contributed by atoms with E-state index < -0.39 is 0 Å². The molecular weight excluding hydrogens is 300 g/mol. The van der Waals surface area contributed by atoms with Crippen molar-refractivity contribution < 1.29 is 9.59 Å². The molecule has 0 radical (unpaired) electrons. The van der Waals surface area contributed by atoms with Crippen LogP contribution in [0.1, 0.15) is 57.8 Å². The fourth-order valence-corrected chi connectivity index (χ4v) is 3.68. The number of amides is 2. The zero-order valence-corrected chi connectivity index (χ0v) is 14.3. The zero-order valence-electron chi connectivity index (χ0n) is 13.6. The van der Waals surface area contributed by atoms with Crippen LogP contribution in [-0.4, -0.2) is 53.7 Å². The Morgan fingerprint density at radius 3 is 1.95 bits per heavy atom. The molecule has 0 bridgehead atoms. The number of alkyl halides is 1. The van der Waals surface area contributed by atoms with Crippen LogP contribution in [0.3, 0.4) is 0 Å². The van der Waals surface area contributed by atoms with Gasteiger partial charge in [-0.15, -0.1) is 11.6 Å². The summed E-state index contributed by atoms with van der Waals surface area (Å²) in [6.45, 7) is 2.73. The first kappa shape index (κ1) is 17.6. The van der Waals surface area contributed by atoms with E-state index in [2.05, 4.69) is 0 Å². The lowest BCUT2D eigenvalue weighted by Crippen LogP contribution is -2.50. The molecule has 2 aliphatic rings. The maximum atomic E-state index is 12.3. The van der Waals surface area contributed by atoms with Gasteiger partial charge in [-0.1, -0.05) is 32.1 Å². The van der Waals surface area contributed by atoms with Gasteiger partial charge in [0.25, 0.3) is 0 Å². The summed E-state index contributed by atoms with van der Waals surface area (Å²) in [5, 5.41) is 0. The highest BCUT2D eigenvalue weighted by molar-refractivity contribution is 6.17. The number of halogens is 1. The Morgan fingerprint density at radius 1 is 0.864 bits per heavy atom. The molecule has 1 aliphatic carbocycles. The molecule has 2 fully saturated rings. The minimum Gasteiger partial charge on any atom is -0.339 e. The molecule has 0 aromatic carbocycles. The van der Waals surface area contributed by atoms with Crippen LogP contribution in [0.25, 0.3) is 0 Å². The number of hydrogen-bond donors (Lipinski definition) is 0. The number of nitrogens with zero attached hydrogens (tertiary/aromatic N) is 2. The number of hydrogen-bond acceptors (Lipinski definition) is 2. The average Bonchev–Trinajstić information content (AvgIpc) is 2.58. The second-order valence-corrected chi connectivity index (χ2v) is 6.97. The van der Waals surface area contributed by atoms with Crippen molar-refractivity contribution in [3.63, 3.8) is 0 Å². The number of carbonyl (C=O) groups is 2. The lowest BCUT2D eigenvalue weighted by atomic mass is 9.86. The van der Waals surface area contributed by atoms with Gasteiger partial charge in [0.05, 0.1) is 0 Å². The standard InChI is InChI=1S/C17H29ClN2O2/c18-10-4-7-16(21)19-11-13-20(14-12-19)17(22)9-8-15-5-2-1-3-6-15/h15H,1-14H2. The Labute approximate surface area is 139 Å². The molecule has 0 aromatic heterocycles. The molecule has 0 unspecified atom stereocenters. The van der Waals surface area contributed by atoms with Gasteiger partial charge < -0.3 is 9.80 Å². The maximum Gasteiger partial charge on any atom is 0.222 e. The van der Waals surface area contributed by atoms with E-state index in [0.717, 1.165) is 18.8 Å². The normalized spacial score (nSPS) is 20.2. The molecular formula is C17H29ClN2O2. The van der Waals surface area contributed by atoms with Crippen LogP contribution in [-0.2, 0) is 9.59 Å². The van der Waals surface area contributed by atoms with E-state index in [1.165, 1.54) is 32.1 Å². The number of carbonyl (C=O) groups excluding carboxylic acids is 2. The summed E-state index contributed by atoms with van der Waals surface area (Å²) in [6.07, 6.45) is 9.64. The minimum absolute atomic E-state index is 0.176. The molecule has 0 N–H and O–H groups in total. The van der Waals surface area contributed by atoms with Gasteiger partial charge in [0.15, 0.2) is 0 Å². The summed E-state index contributed by atoms with van der Waals surface area (Å²) < 4.78 is 0.